The number of rotatable bonds is 3. The van der Waals surface area contributed by atoms with E-state index in [-0.39, 0.29) is 21.1 Å². The van der Waals surface area contributed by atoms with E-state index in [9.17, 15) is 14.7 Å². The van der Waals surface area contributed by atoms with Crippen LogP contribution < -0.4 is 5.56 Å². The Labute approximate surface area is 165 Å². The average molecular weight is 403 g/mol. The summed E-state index contributed by atoms with van der Waals surface area (Å²) in [6.07, 6.45) is 1.72. The van der Waals surface area contributed by atoms with Gasteiger partial charge in [-0.3, -0.25) is 4.79 Å². The van der Waals surface area contributed by atoms with Gasteiger partial charge in [0.1, 0.15) is 9.71 Å². The summed E-state index contributed by atoms with van der Waals surface area (Å²) in [5.41, 5.74) is 2.16. The summed E-state index contributed by atoms with van der Waals surface area (Å²) in [5, 5.41) is 9.81. The van der Waals surface area contributed by atoms with Crippen molar-refractivity contribution >= 4 is 50.2 Å². The minimum absolute atomic E-state index is 0.0583. The number of carboxylic acids is 1. The highest BCUT2D eigenvalue weighted by Crippen LogP contribution is 2.29. The third-order valence-electron chi connectivity index (χ3n) is 4.29. The van der Waals surface area contributed by atoms with E-state index >= 15 is 0 Å². The maximum atomic E-state index is 12.4. The van der Waals surface area contributed by atoms with Crippen LogP contribution in [0.1, 0.15) is 53.0 Å². The van der Waals surface area contributed by atoms with Gasteiger partial charge in [-0.15, -0.1) is 11.3 Å². The maximum Gasteiger partial charge on any atom is 0.346 e. The summed E-state index contributed by atoms with van der Waals surface area (Å²) in [4.78, 5) is 31.2. The number of halogens is 1. The van der Waals surface area contributed by atoms with Gasteiger partial charge in [-0.05, 0) is 35.1 Å². The molecule has 0 unspecified atom stereocenters. The Hall–Kier alpha value is -2.44. The van der Waals surface area contributed by atoms with Gasteiger partial charge in [0.25, 0.3) is 5.56 Å². The van der Waals surface area contributed by atoms with Crippen molar-refractivity contribution in [3.63, 3.8) is 0 Å². The zero-order valence-electron chi connectivity index (χ0n) is 15.4. The van der Waals surface area contributed by atoms with Crippen LogP contribution in [0.4, 0.5) is 0 Å². The smallest absolute Gasteiger partial charge is 0.346 e. The third-order valence-corrected chi connectivity index (χ3v) is 5.75. The first-order valence-corrected chi connectivity index (χ1v) is 9.52. The number of carbonyl (C=O) groups is 1. The Morgan fingerprint density at radius 3 is 2.44 bits per heavy atom. The quantitative estimate of drug-likeness (QED) is 0.643. The molecule has 140 valence electrons. The van der Waals surface area contributed by atoms with Crippen molar-refractivity contribution in [1.82, 2.24) is 9.97 Å². The third kappa shape index (κ3) is 3.82. The molecule has 2 aromatic heterocycles. The Kier molecular flexibility index (Phi) is 4.97. The van der Waals surface area contributed by atoms with E-state index in [1.807, 2.05) is 24.3 Å². The molecule has 0 aliphatic carbocycles. The average Bonchev–Trinajstić information content (AvgIpc) is 2.92. The number of benzene rings is 1. The van der Waals surface area contributed by atoms with E-state index in [1.165, 1.54) is 5.56 Å². The van der Waals surface area contributed by atoms with Crippen molar-refractivity contribution in [3.05, 3.63) is 62.0 Å². The fourth-order valence-electron chi connectivity index (χ4n) is 2.76. The fourth-order valence-corrected chi connectivity index (χ4v) is 3.99. The van der Waals surface area contributed by atoms with Gasteiger partial charge in [-0.1, -0.05) is 56.6 Å². The molecular formula is C20H19ClN2O3S. The Balaban J connectivity index is 2.03. The highest BCUT2D eigenvalue weighted by atomic mass is 35.5. The predicted octanol–water partition coefficient (Wildman–Crippen LogP) is 5.03. The largest absolute Gasteiger partial charge is 0.477 e. The van der Waals surface area contributed by atoms with Gasteiger partial charge in [0, 0.05) is 0 Å². The first-order chi connectivity index (χ1) is 12.6. The highest BCUT2D eigenvalue weighted by Gasteiger charge is 2.19. The van der Waals surface area contributed by atoms with Crippen molar-refractivity contribution < 1.29 is 9.90 Å². The monoisotopic (exact) mass is 402 g/mol. The molecule has 7 heteroatoms. The van der Waals surface area contributed by atoms with Gasteiger partial charge in [0.2, 0.25) is 0 Å². The molecule has 0 atom stereocenters. The number of hydrogen-bond donors (Lipinski definition) is 2. The number of aryl methyl sites for hydroxylation is 1. The molecule has 3 rings (SSSR count). The molecule has 0 saturated heterocycles. The summed E-state index contributed by atoms with van der Waals surface area (Å²) in [7, 11) is 0. The lowest BCUT2D eigenvalue weighted by atomic mass is 9.87. The molecule has 1 aromatic carbocycles. The van der Waals surface area contributed by atoms with Crippen LogP contribution in [0.2, 0.25) is 0 Å². The second-order valence-corrected chi connectivity index (χ2v) is 8.73. The molecule has 3 aromatic rings. The van der Waals surface area contributed by atoms with E-state index < -0.39 is 11.5 Å². The molecule has 0 radical (unpaired) electrons. The van der Waals surface area contributed by atoms with Gasteiger partial charge >= 0.3 is 5.97 Å². The molecule has 0 bridgehead atoms. The number of nitrogens with zero attached hydrogens (tertiary/aromatic N) is 1. The Morgan fingerprint density at radius 1 is 1.26 bits per heavy atom. The van der Waals surface area contributed by atoms with Crippen LogP contribution in [0.15, 0.2) is 29.1 Å². The molecule has 0 aliphatic heterocycles. The second-order valence-electron chi connectivity index (χ2n) is 7.32. The molecule has 0 aliphatic rings. The number of aromatic nitrogens is 2. The van der Waals surface area contributed by atoms with Gasteiger partial charge in [0.05, 0.1) is 10.4 Å². The molecule has 27 heavy (non-hydrogen) atoms. The molecular weight excluding hydrogens is 384 g/mol. The Morgan fingerprint density at radius 2 is 1.89 bits per heavy atom. The van der Waals surface area contributed by atoms with Gasteiger partial charge in [0.15, 0.2) is 5.82 Å². The normalized spacial score (nSPS) is 12.6. The molecule has 0 saturated carbocycles. The van der Waals surface area contributed by atoms with E-state index in [4.69, 9.17) is 11.6 Å². The molecule has 2 heterocycles. The molecule has 0 spiro atoms. The lowest BCUT2D eigenvalue weighted by Gasteiger charge is -2.18. The van der Waals surface area contributed by atoms with Crippen molar-refractivity contribution in [2.75, 3.05) is 0 Å². The standard InChI is InChI=1S/C20H19ClN2O3S/c1-10-14-17(24)22-16(23-18(14)27-15(10)19(25)26)13(21)9-11-5-7-12(8-6-11)20(2,3)4/h5-9H,1-4H3,(H,25,26)(H,22,23,24)/b13-9-. The second kappa shape index (κ2) is 6.94. The van der Waals surface area contributed by atoms with E-state index in [0.29, 0.717) is 15.8 Å². The van der Waals surface area contributed by atoms with E-state index in [1.54, 1.807) is 13.0 Å². The van der Waals surface area contributed by atoms with Crippen molar-refractivity contribution in [3.8, 4) is 0 Å². The SMILES string of the molecule is Cc1c(C(=O)O)sc2nc(/C(Cl)=C/c3ccc(C(C)(C)C)cc3)[nH]c(=O)c12. The summed E-state index contributed by atoms with van der Waals surface area (Å²) in [6.45, 7) is 8.03. The molecule has 2 N–H and O–H groups in total. The zero-order valence-corrected chi connectivity index (χ0v) is 17.0. The van der Waals surface area contributed by atoms with Crippen LogP contribution in [0.3, 0.4) is 0 Å². The fraction of sp³-hybridized carbons (Fsp3) is 0.250. The maximum absolute atomic E-state index is 12.4. The summed E-state index contributed by atoms with van der Waals surface area (Å²) >= 11 is 7.34. The minimum atomic E-state index is -1.07. The number of aromatic carboxylic acids is 1. The number of thiophene rings is 1. The number of aromatic amines is 1. The number of fused-ring (bicyclic) bond motifs is 1. The first kappa shape index (κ1) is 19.3. The topological polar surface area (TPSA) is 83.0 Å². The molecule has 5 nitrogen and oxygen atoms in total. The van der Waals surface area contributed by atoms with Gasteiger partial charge in [-0.2, -0.15) is 0 Å². The summed E-state index contributed by atoms with van der Waals surface area (Å²) in [6, 6.07) is 7.99. The van der Waals surface area contributed by atoms with Crippen molar-refractivity contribution in [2.45, 2.75) is 33.1 Å². The summed E-state index contributed by atoms with van der Waals surface area (Å²) < 4.78 is 0. The first-order valence-electron chi connectivity index (χ1n) is 8.33. The van der Waals surface area contributed by atoms with Crippen LogP contribution in [0.25, 0.3) is 21.3 Å². The lowest BCUT2D eigenvalue weighted by Crippen LogP contribution is -2.11. The number of hydrogen-bond acceptors (Lipinski definition) is 4. The summed E-state index contributed by atoms with van der Waals surface area (Å²) in [5.74, 6) is -0.857. The predicted molar refractivity (Wildman–Crippen MR) is 111 cm³/mol. The van der Waals surface area contributed by atoms with E-state index in [2.05, 4.69) is 30.7 Å². The van der Waals surface area contributed by atoms with Crippen LogP contribution in [0, 0.1) is 6.92 Å². The number of carboxylic acid groups (broad SMARTS) is 1. The molecule has 0 fully saturated rings. The minimum Gasteiger partial charge on any atom is -0.477 e. The van der Waals surface area contributed by atoms with Crippen molar-refractivity contribution in [1.29, 1.82) is 0 Å². The molecule has 0 amide bonds. The number of nitrogens with one attached hydrogen (secondary N) is 1. The van der Waals surface area contributed by atoms with Crippen LogP contribution in [0.5, 0.6) is 0 Å². The van der Waals surface area contributed by atoms with E-state index in [0.717, 1.165) is 16.9 Å². The van der Waals surface area contributed by atoms with Crippen LogP contribution >= 0.6 is 22.9 Å². The van der Waals surface area contributed by atoms with Crippen LogP contribution in [-0.4, -0.2) is 21.0 Å². The van der Waals surface area contributed by atoms with Crippen molar-refractivity contribution in [2.24, 2.45) is 0 Å². The zero-order chi connectivity index (χ0) is 19.9. The highest BCUT2D eigenvalue weighted by molar-refractivity contribution is 7.20. The van der Waals surface area contributed by atoms with Crippen LogP contribution in [-0.2, 0) is 5.41 Å². The van der Waals surface area contributed by atoms with Gasteiger partial charge < -0.3 is 10.1 Å². The number of H-pyrrole nitrogens is 1. The Bertz CT molecular complexity index is 1120. The lowest BCUT2D eigenvalue weighted by molar-refractivity contribution is 0.0701. The van der Waals surface area contributed by atoms with Gasteiger partial charge in [-0.25, -0.2) is 9.78 Å².